The van der Waals surface area contributed by atoms with Crippen LogP contribution in [0.3, 0.4) is 0 Å². The van der Waals surface area contributed by atoms with Gasteiger partial charge in [-0.3, -0.25) is 14.9 Å². The highest BCUT2D eigenvalue weighted by Gasteiger charge is 2.33. The maximum atomic E-state index is 12.1. The molecule has 2 N–H and O–H groups in total. The minimum absolute atomic E-state index is 0.0783. The number of amides is 2. The molecule has 3 rings (SSSR count). The van der Waals surface area contributed by atoms with E-state index < -0.39 is 6.04 Å². The number of nitrogens with one attached hydrogen (secondary N) is 2. The first-order valence-corrected chi connectivity index (χ1v) is 6.75. The van der Waals surface area contributed by atoms with Crippen LogP contribution in [0.1, 0.15) is 12.5 Å². The molecule has 1 aromatic heterocycles. The van der Waals surface area contributed by atoms with Gasteiger partial charge in [0.1, 0.15) is 12.4 Å². The van der Waals surface area contributed by atoms with E-state index in [4.69, 9.17) is 23.2 Å². The zero-order chi connectivity index (χ0) is 15.0. The van der Waals surface area contributed by atoms with Gasteiger partial charge < -0.3 is 5.32 Å². The Balaban J connectivity index is 1.73. The molecule has 2 aromatic rings. The Morgan fingerprint density at radius 3 is 3.05 bits per heavy atom. The van der Waals surface area contributed by atoms with Crippen molar-refractivity contribution in [3.05, 3.63) is 34.6 Å². The zero-order valence-electron chi connectivity index (χ0n) is 10.5. The molecule has 1 aromatic carbocycles. The van der Waals surface area contributed by atoms with Gasteiger partial charge in [0, 0.05) is 5.02 Å². The molecule has 1 atom stereocenters. The first-order valence-electron chi connectivity index (χ1n) is 6.00. The van der Waals surface area contributed by atoms with Crippen LogP contribution in [0.5, 0.6) is 0 Å². The maximum Gasteiger partial charge on any atom is 0.252 e. The lowest BCUT2D eigenvalue weighted by molar-refractivity contribution is -0.123. The van der Waals surface area contributed by atoms with Gasteiger partial charge in [0.15, 0.2) is 0 Å². The Kier molecular flexibility index (Phi) is 3.52. The Morgan fingerprint density at radius 1 is 1.43 bits per heavy atom. The fraction of sp³-hybridized carbons (Fsp3) is 0.167. The second kappa shape index (κ2) is 5.34. The molecule has 2 heterocycles. The van der Waals surface area contributed by atoms with Gasteiger partial charge in [-0.1, -0.05) is 23.2 Å². The van der Waals surface area contributed by atoms with E-state index in [1.54, 1.807) is 12.1 Å². The van der Waals surface area contributed by atoms with Crippen LogP contribution in [0.15, 0.2) is 24.5 Å². The quantitative estimate of drug-likeness (QED) is 0.904. The van der Waals surface area contributed by atoms with Crippen molar-refractivity contribution in [3.63, 3.8) is 0 Å². The normalized spacial score (nSPS) is 16.5. The summed E-state index contributed by atoms with van der Waals surface area (Å²) in [5.74, 6) is -0.362. The van der Waals surface area contributed by atoms with Gasteiger partial charge in [0.05, 0.1) is 17.1 Å². The predicted molar refractivity (Wildman–Crippen MR) is 77.4 cm³/mol. The molecule has 0 saturated carbocycles. The third-order valence-corrected chi connectivity index (χ3v) is 3.55. The molecule has 108 valence electrons. The predicted octanol–water partition coefficient (Wildman–Crippen LogP) is 2.11. The number of benzene rings is 1. The zero-order valence-corrected chi connectivity index (χ0v) is 12.0. The highest BCUT2D eigenvalue weighted by molar-refractivity contribution is 6.35. The molecule has 21 heavy (non-hydrogen) atoms. The molecule has 0 unspecified atom stereocenters. The van der Waals surface area contributed by atoms with Crippen LogP contribution >= 0.6 is 23.2 Å². The number of hydrogen-bond acceptors (Lipinski definition) is 4. The molecule has 0 saturated heterocycles. The summed E-state index contributed by atoms with van der Waals surface area (Å²) in [4.78, 5) is 27.7. The molecule has 2 amide bonds. The summed E-state index contributed by atoms with van der Waals surface area (Å²) in [6.45, 7) is 0. The molecule has 0 spiro atoms. The minimum Gasteiger partial charge on any atom is -0.325 e. The minimum atomic E-state index is -0.722. The highest BCUT2D eigenvalue weighted by atomic mass is 35.5. The van der Waals surface area contributed by atoms with E-state index in [1.807, 2.05) is 0 Å². The first-order chi connectivity index (χ1) is 10.0. The summed E-state index contributed by atoms with van der Waals surface area (Å²) >= 11 is 11.8. The van der Waals surface area contributed by atoms with E-state index in [9.17, 15) is 9.59 Å². The number of hydrogen-bond donors (Lipinski definition) is 2. The lowest BCUT2D eigenvalue weighted by Gasteiger charge is -2.10. The van der Waals surface area contributed by atoms with Crippen molar-refractivity contribution >= 4 is 46.7 Å². The van der Waals surface area contributed by atoms with Crippen molar-refractivity contribution in [1.29, 1.82) is 0 Å². The topological polar surface area (TPSA) is 88.9 Å². The van der Waals surface area contributed by atoms with Crippen LogP contribution in [-0.2, 0) is 9.59 Å². The first kappa shape index (κ1) is 13.8. The number of carbonyl (C=O) groups is 2. The average Bonchev–Trinajstić information content (AvgIpc) is 2.97. The summed E-state index contributed by atoms with van der Waals surface area (Å²) in [6.07, 6.45) is 1.23. The van der Waals surface area contributed by atoms with E-state index in [0.717, 1.165) is 0 Å². The summed E-state index contributed by atoms with van der Waals surface area (Å²) in [5, 5.41) is 9.90. The third kappa shape index (κ3) is 2.70. The largest absolute Gasteiger partial charge is 0.325 e. The highest BCUT2D eigenvalue weighted by Crippen LogP contribution is 2.27. The third-order valence-electron chi connectivity index (χ3n) is 2.99. The van der Waals surface area contributed by atoms with E-state index in [2.05, 4.69) is 20.7 Å². The molecule has 0 bridgehead atoms. The lowest BCUT2D eigenvalue weighted by atomic mass is 10.2. The number of halogens is 2. The molecule has 9 heteroatoms. The van der Waals surface area contributed by atoms with Crippen LogP contribution in [0, 0.1) is 0 Å². The second-order valence-corrected chi connectivity index (χ2v) is 5.25. The van der Waals surface area contributed by atoms with Crippen molar-refractivity contribution in [2.24, 2.45) is 0 Å². The van der Waals surface area contributed by atoms with Crippen LogP contribution in [0.25, 0.3) is 0 Å². The fourth-order valence-corrected chi connectivity index (χ4v) is 2.36. The standard InChI is InChI=1S/C12H9Cl2N5O2/c13-6-1-2-7(14)8(3-6)17-10(20)4-9-11(21)18-12-15-5-16-19(9)12/h1-3,5,9H,4H2,(H,17,20)(H,15,16,18,21)/t9-/m1/s1. The molecule has 0 aliphatic carbocycles. The van der Waals surface area contributed by atoms with Crippen molar-refractivity contribution < 1.29 is 9.59 Å². The van der Waals surface area contributed by atoms with E-state index in [-0.39, 0.29) is 18.2 Å². The number of aromatic nitrogens is 3. The molecule has 0 fully saturated rings. The molecular formula is C12H9Cl2N5O2. The lowest BCUT2D eigenvalue weighted by Crippen LogP contribution is -2.23. The van der Waals surface area contributed by atoms with E-state index in [1.165, 1.54) is 17.1 Å². The van der Waals surface area contributed by atoms with Crippen molar-refractivity contribution in [3.8, 4) is 0 Å². The van der Waals surface area contributed by atoms with Gasteiger partial charge in [0.2, 0.25) is 11.9 Å². The number of anilines is 2. The second-order valence-electron chi connectivity index (χ2n) is 4.41. The maximum absolute atomic E-state index is 12.1. The van der Waals surface area contributed by atoms with Gasteiger partial charge >= 0.3 is 0 Å². The van der Waals surface area contributed by atoms with Gasteiger partial charge in [-0.15, -0.1) is 0 Å². The van der Waals surface area contributed by atoms with Gasteiger partial charge in [-0.2, -0.15) is 10.1 Å². The Hall–Kier alpha value is -2.12. The number of nitrogens with zero attached hydrogens (tertiary/aromatic N) is 3. The summed E-state index contributed by atoms with van der Waals surface area (Å²) in [7, 11) is 0. The van der Waals surface area contributed by atoms with E-state index in [0.29, 0.717) is 21.7 Å². The molecule has 1 aliphatic rings. The van der Waals surface area contributed by atoms with Gasteiger partial charge in [-0.25, -0.2) is 4.68 Å². The van der Waals surface area contributed by atoms with Crippen LogP contribution in [0.4, 0.5) is 11.6 Å². The van der Waals surface area contributed by atoms with Gasteiger partial charge in [0.25, 0.3) is 5.91 Å². The Bertz CT molecular complexity index is 730. The van der Waals surface area contributed by atoms with Crippen LogP contribution in [-0.4, -0.2) is 26.6 Å². The summed E-state index contributed by atoms with van der Waals surface area (Å²) in [5.41, 5.74) is 0.395. The average molecular weight is 326 g/mol. The molecular weight excluding hydrogens is 317 g/mol. The monoisotopic (exact) mass is 325 g/mol. The SMILES string of the molecule is O=C(C[C@@H]1C(=O)Nc2ncnn21)Nc1cc(Cl)ccc1Cl. The summed E-state index contributed by atoms with van der Waals surface area (Å²) < 4.78 is 1.38. The summed E-state index contributed by atoms with van der Waals surface area (Å²) in [6, 6.07) is 4.01. The molecule has 1 aliphatic heterocycles. The Labute approximate surface area is 129 Å². The Morgan fingerprint density at radius 2 is 2.24 bits per heavy atom. The van der Waals surface area contributed by atoms with Crippen molar-refractivity contribution in [1.82, 2.24) is 14.8 Å². The van der Waals surface area contributed by atoms with Crippen LogP contribution < -0.4 is 10.6 Å². The van der Waals surface area contributed by atoms with E-state index >= 15 is 0 Å². The number of carbonyl (C=O) groups excluding carboxylic acids is 2. The number of fused-ring (bicyclic) bond motifs is 1. The number of rotatable bonds is 3. The molecule has 7 nitrogen and oxygen atoms in total. The smallest absolute Gasteiger partial charge is 0.252 e. The van der Waals surface area contributed by atoms with Crippen molar-refractivity contribution in [2.75, 3.05) is 10.6 Å². The van der Waals surface area contributed by atoms with Gasteiger partial charge in [-0.05, 0) is 18.2 Å². The fourth-order valence-electron chi connectivity index (χ4n) is 2.02. The van der Waals surface area contributed by atoms with Crippen molar-refractivity contribution in [2.45, 2.75) is 12.5 Å². The van der Waals surface area contributed by atoms with Crippen LogP contribution in [0.2, 0.25) is 10.0 Å². The molecule has 0 radical (unpaired) electrons.